The zero-order valence-corrected chi connectivity index (χ0v) is 12.8. The average Bonchev–Trinajstić information content (AvgIpc) is 2.49. The summed E-state index contributed by atoms with van der Waals surface area (Å²) in [5.74, 6) is -1.69. The van der Waals surface area contributed by atoms with Crippen molar-refractivity contribution in [3.05, 3.63) is 45.0 Å². The van der Waals surface area contributed by atoms with E-state index in [0.29, 0.717) is 0 Å². The molecule has 2 rings (SSSR count). The predicted molar refractivity (Wildman–Crippen MR) is 83.3 cm³/mol. The second-order valence-electron chi connectivity index (χ2n) is 5.67. The van der Waals surface area contributed by atoms with Crippen LogP contribution in [0.3, 0.4) is 0 Å². The van der Waals surface area contributed by atoms with Gasteiger partial charge in [0, 0.05) is 6.42 Å². The number of carboxylic acid groups (broad SMARTS) is 1. The molecule has 8 heteroatoms. The van der Waals surface area contributed by atoms with E-state index in [1.807, 2.05) is 0 Å². The summed E-state index contributed by atoms with van der Waals surface area (Å²) in [5, 5.41) is 14.3. The summed E-state index contributed by atoms with van der Waals surface area (Å²) in [7, 11) is 0. The Morgan fingerprint density at radius 1 is 1.22 bits per heavy atom. The van der Waals surface area contributed by atoms with Crippen LogP contribution in [0.15, 0.2) is 33.9 Å². The van der Waals surface area contributed by atoms with Gasteiger partial charge in [-0.15, -0.1) is 0 Å². The molecule has 1 heterocycles. The number of hydrogen-bond donors (Lipinski definition) is 3. The van der Waals surface area contributed by atoms with Crippen LogP contribution in [0.2, 0.25) is 0 Å². The van der Waals surface area contributed by atoms with Gasteiger partial charge in [0.25, 0.3) is 11.1 Å². The summed E-state index contributed by atoms with van der Waals surface area (Å²) in [5.41, 5.74) is -2.24. The average molecular weight is 319 g/mol. The Labute approximate surface area is 130 Å². The minimum Gasteiger partial charge on any atom is -0.480 e. The number of nitrogens with zero attached hydrogens (tertiary/aromatic N) is 1. The van der Waals surface area contributed by atoms with Crippen molar-refractivity contribution in [2.24, 2.45) is 0 Å². The number of hydrogen-bond acceptors (Lipinski definition) is 4. The molecule has 1 amide bonds. The van der Waals surface area contributed by atoms with Crippen LogP contribution in [0.25, 0.3) is 10.8 Å². The number of aliphatic carboxylic acids is 1. The topological polar surface area (TPSA) is 121 Å². The quantitative estimate of drug-likeness (QED) is 0.719. The van der Waals surface area contributed by atoms with Gasteiger partial charge < -0.3 is 10.4 Å². The highest BCUT2D eigenvalue weighted by Gasteiger charge is 2.28. The van der Waals surface area contributed by atoms with Gasteiger partial charge in [-0.1, -0.05) is 12.1 Å². The van der Waals surface area contributed by atoms with E-state index in [4.69, 9.17) is 5.11 Å². The maximum atomic E-state index is 12.3. The number of fused-ring (bicyclic) bond motifs is 1. The van der Waals surface area contributed by atoms with E-state index in [9.17, 15) is 19.2 Å². The van der Waals surface area contributed by atoms with Crippen molar-refractivity contribution in [2.75, 3.05) is 0 Å². The molecule has 23 heavy (non-hydrogen) atoms. The highest BCUT2D eigenvalue weighted by atomic mass is 16.4. The normalized spacial score (nSPS) is 11.4. The minimum atomic E-state index is -1.40. The van der Waals surface area contributed by atoms with E-state index in [1.54, 1.807) is 18.2 Å². The Bertz CT molecular complexity index is 879. The molecule has 0 aliphatic rings. The molecule has 8 nitrogen and oxygen atoms in total. The second kappa shape index (κ2) is 6.07. The van der Waals surface area contributed by atoms with E-state index in [-0.39, 0.29) is 23.7 Å². The van der Waals surface area contributed by atoms with Crippen LogP contribution in [0.5, 0.6) is 0 Å². The van der Waals surface area contributed by atoms with Gasteiger partial charge in [0.2, 0.25) is 5.91 Å². The van der Waals surface area contributed by atoms with E-state index in [2.05, 4.69) is 10.4 Å². The lowest BCUT2D eigenvalue weighted by Gasteiger charge is -2.21. The van der Waals surface area contributed by atoms with Crippen molar-refractivity contribution < 1.29 is 14.7 Å². The molecule has 0 unspecified atom stereocenters. The fraction of sp³-hybridized carbons (Fsp3) is 0.333. The molecule has 0 saturated heterocycles. The molecular weight excluding hydrogens is 302 g/mol. The lowest BCUT2D eigenvalue weighted by molar-refractivity contribution is -0.146. The number of carbonyl (C=O) groups excluding carboxylic acids is 1. The number of aromatic nitrogens is 2. The molecule has 122 valence electrons. The SMILES string of the molecule is CC(C)(NC(=O)CCn1[nH]c(=O)c2ccccc2c1=O)C(=O)O. The second-order valence-corrected chi connectivity index (χ2v) is 5.67. The Balaban J connectivity index is 2.19. The van der Waals surface area contributed by atoms with Crippen LogP contribution in [-0.2, 0) is 16.1 Å². The van der Waals surface area contributed by atoms with Gasteiger partial charge in [-0.2, -0.15) is 0 Å². The summed E-state index contributed by atoms with van der Waals surface area (Å²) in [6.07, 6.45) is -0.134. The van der Waals surface area contributed by atoms with Gasteiger partial charge in [-0.3, -0.25) is 19.5 Å². The molecule has 0 spiro atoms. The summed E-state index contributed by atoms with van der Waals surface area (Å²) in [6, 6.07) is 6.39. The number of carbonyl (C=O) groups is 2. The van der Waals surface area contributed by atoms with E-state index in [1.165, 1.54) is 19.9 Å². The standard InChI is InChI=1S/C15H17N3O5/c1-15(2,14(22)23)16-11(19)7-8-18-13(21)10-6-4-3-5-9(10)12(20)17-18/h3-6H,7-8H2,1-2H3,(H,16,19)(H,17,20)(H,22,23). The summed E-state index contributed by atoms with van der Waals surface area (Å²) >= 11 is 0. The molecular formula is C15H17N3O5. The number of amides is 1. The third-order valence-corrected chi connectivity index (χ3v) is 3.43. The van der Waals surface area contributed by atoms with Gasteiger partial charge >= 0.3 is 5.97 Å². The fourth-order valence-corrected chi connectivity index (χ4v) is 2.08. The fourth-order valence-electron chi connectivity index (χ4n) is 2.08. The van der Waals surface area contributed by atoms with Crippen LogP contribution in [-0.4, -0.2) is 32.3 Å². The predicted octanol–water partition coefficient (Wildman–Crippen LogP) is 0.0593. The monoisotopic (exact) mass is 319 g/mol. The molecule has 1 aromatic heterocycles. The number of nitrogens with one attached hydrogen (secondary N) is 2. The molecule has 0 saturated carbocycles. The minimum absolute atomic E-state index is 0.0551. The lowest BCUT2D eigenvalue weighted by atomic mass is 10.1. The van der Waals surface area contributed by atoms with Gasteiger partial charge in [-0.05, 0) is 26.0 Å². The number of aromatic amines is 1. The van der Waals surface area contributed by atoms with Crippen LogP contribution >= 0.6 is 0 Å². The summed E-state index contributed by atoms with van der Waals surface area (Å²) < 4.78 is 1.05. The van der Waals surface area contributed by atoms with Crippen LogP contribution in [0.1, 0.15) is 20.3 Å². The number of aryl methyl sites for hydroxylation is 1. The van der Waals surface area contributed by atoms with Crippen molar-refractivity contribution in [1.29, 1.82) is 0 Å². The first-order valence-corrected chi connectivity index (χ1v) is 6.98. The first-order chi connectivity index (χ1) is 10.7. The van der Waals surface area contributed by atoms with Crippen molar-refractivity contribution in [3.8, 4) is 0 Å². The van der Waals surface area contributed by atoms with Crippen molar-refractivity contribution in [2.45, 2.75) is 32.4 Å². The highest BCUT2D eigenvalue weighted by molar-refractivity contribution is 5.86. The maximum Gasteiger partial charge on any atom is 0.328 e. The van der Waals surface area contributed by atoms with Gasteiger partial charge in [0.05, 0.1) is 17.3 Å². The van der Waals surface area contributed by atoms with Gasteiger partial charge in [-0.25, -0.2) is 9.48 Å². The van der Waals surface area contributed by atoms with E-state index >= 15 is 0 Å². The molecule has 0 aliphatic carbocycles. The first kappa shape index (κ1) is 16.5. The molecule has 0 aliphatic heterocycles. The van der Waals surface area contributed by atoms with Crippen molar-refractivity contribution in [1.82, 2.24) is 15.1 Å². The molecule has 0 atom stereocenters. The van der Waals surface area contributed by atoms with Crippen LogP contribution < -0.4 is 16.4 Å². The third-order valence-electron chi connectivity index (χ3n) is 3.43. The number of H-pyrrole nitrogens is 1. The Morgan fingerprint density at radius 2 is 1.83 bits per heavy atom. The van der Waals surface area contributed by atoms with Gasteiger partial charge in [0.15, 0.2) is 0 Å². The van der Waals surface area contributed by atoms with Crippen molar-refractivity contribution >= 4 is 22.6 Å². The Hall–Kier alpha value is -2.90. The van der Waals surface area contributed by atoms with E-state index < -0.39 is 28.5 Å². The molecule has 0 bridgehead atoms. The number of benzene rings is 1. The molecule has 1 aromatic carbocycles. The molecule has 3 N–H and O–H groups in total. The number of rotatable bonds is 5. The summed E-state index contributed by atoms with van der Waals surface area (Å²) in [6.45, 7) is 2.66. The first-order valence-electron chi connectivity index (χ1n) is 6.98. The summed E-state index contributed by atoms with van der Waals surface area (Å²) in [4.78, 5) is 46.9. The Kier molecular flexibility index (Phi) is 4.35. The van der Waals surface area contributed by atoms with Crippen LogP contribution in [0, 0.1) is 0 Å². The van der Waals surface area contributed by atoms with Crippen molar-refractivity contribution in [3.63, 3.8) is 0 Å². The maximum absolute atomic E-state index is 12.3. The molecule has 0 fully saturated rings. The Morgan fingerprint density at radius 3 is 2.43 bits per heavy atom. The zero-order valence-electron chi connectivity index (χ0n) is 12.8. The zero-order chi connectivity index (χ0) is 17.2. The smallest absolute Gasteiger partial charge is 0.328 e. The molecule has 2 aromatic rings. The third kappa shape index (κ3) is 3.47. The highest BCUT2D eigenvalue weighted by Crippen LogP contribution is 2.04. The number of carboxylic acids is 1. The van der Waals surface area contributed by atoms with Crippen LogP contribution in [0.4, 0.5) is 0 Å². The lowest BCUT2D eigenvalue weighted by Crippen LogP contribution is -2.50. The van der Waals surface area contributed by atoms with E-state index in [0.717, 1.165) is 4.68 Å². The van der Waals surface area contributed by atoms with Gasteiger partial charge in [0.1, 0.15) is 5.54 Å². The largest absolute Gasteiger partial charge is 0.480 e. The molecule has 0 radical (unpaired) electrons.